The summed E-state index contributed by atoms with van der Waals surface area (Å²) >= 11 is 2.54. The number of imide groups is 2. The van der Waals surface area contributed by atoms with Crippen LogP contribution in [0.5, 0.6) is 0 Å². The van der Waals surface area contributed by atoms with E-state index >= 15 is 0 Å². The minimum absolute atomic E-state index is 0.00817. The van der Waals surface area contributed by atoms with Gasteiger partial charge in [-0.3, -0.25) is 9.59 Å². The third kappa shape index (κ3) is 7.13. The zero-order valence-electron chi connectivity index (χ0n) is 21.5. The smallest absolute Gasteiger partial charge is 0.421 e. The van der Waals surface area contributed by atoms with E-state index in [4.69, 9.17) is 9.47 Å². The minimum atomic E-state index is -0.742. The van der Waals surface area contributed by atoms with E-state index in [2.05, 4.69) is 0 Å². The van der Waals surface area contributed by atoms with Gasteiger partial charge in [0.15, 0.2) is 0 Å². The number of amides is 4. The van der Waals surface area contributed by atoms with Gasteiger partial charge in [-0.15, -0.1) is 22.7 Å². The summed E-state index contributed by atoms with van der Waals surface area (Å²) in [5.41, 5.74) is 1.50. The van der Waals surface area contributed by atoms with Crippen molar-refractivity contribution in [3.8, 4) is 0 Å². The van der Waals surface area contributed by atoms with Crippen LogP contribution in [0.15, 0.2) is 93.3 Å². The van der Waals surface area contributed by atoms with Crippen LogP contribution in [0.3, 0.4) is 0 Å². The SMILES string of the molecule is COC(=O)N(C(=O)Cc1ccccc1SSc1ccccc1CC(=O)N(C(=O)OC)c1cccs1)c1cccs1. The number of benzene rings is 2. The van der Waals surface area contributed by atoms with Gasteiger partial charge in [-0.2, -0.15) is 0 Å². The Hall–Kier alpha value is -3.58. The normalized spacial score (nSPS) is 10.6. The molecule has 4 rings (SSSR count). The molecule has 0 spiro atoms. The molecule has 2 aromatic carbocycles. The molecule has 4 aromatic rings. The average Bonchev–Trinajstić information content (AvgIpc) is 3.69. The predicted octanol–water partition coefficient (Wildman–Crippen LogP) is 7.29. The lowest BCUT2D eigenvalue weighted by Crippen LogP contribution is -2.37. The molecule has 0 N–H and O–H groups in total. The molecule has 0 radical (unpaired) electrons. The van der Waals surface area contributed by atoms with E-state index in [1.807, 2.05) is 48.5 Å². The number of carbonyl (C=O) groups excluding carboxylic acids is 4. The quantitative estimate of drug-likeness (QED) is 0.182. The highest BCUT2D eigenvalue weighted by atomic mass is 33.1. The van der Waals surface area contributed by atoms with Gasteiger partial charge < -0.3 is 9.47 Å². The molecule has 0 aliphatic heterocycles. The highest BCUT2D eigenvalue weighted by molar-refractivity contribution is 8.76. The van der Waals surface area contributed by atoms with Crippen LogP contribution in [0.4, 0.5) is 19.6 Å². The van der Waals surface area contributed by atoms with Gasteiger partial charge in [0.25, 0.3) is 0 Å². The molecule has 2 heterocycles. The molecule has 0 fully saturated rings. The maximum atomic E-state index is 13.2. The summed E-state index contributed by atoms with van der Waals surface area (Å²) in [7, 11) is 5.36. The molecule has 0 saturated heterocycles. The highest BCUT2D eigenvalue weighted by Gasteiger charge is 2.27. The van der Waals surface area contributed by atoms with E-state index in [1.54, 1.807) is 35.0 Å². The molecular formula is C28H24N2O6S4. The number of carbonyl (C=O) groups is 4. The van der Waals surface area contributed by atoms with Crippen LogP contribution < -0.4 is 9.80 Å². The summed E-state index contributed by atoms with van der Waals surface area (Å²) in [4.78, 5) is 54.9. The lowest BCUT2D eigenvalue weighted by molar-refractivity contribution is -0.118. The average molecular weight is 613 g/mol. The van der Waals surface area contributed by atoms with E-state index < -0.39 is 24.0 Å². The van der Waals surface area contributed by atoms with Gasteiger partial charge in [0.05, 0.1) is 27.1 Å². The van der Waals surface area contributed by atoms with Crippen molar-refractivity contribution in [3.63, 3.8) is 0 Å². The second kappa shape index (κ2) is 14.2. The summed E-state index contributed by atoms with van der Waals surface area (Å²) in [6.07, 6.45) is -1.50. The number of thiophene rings is 2. The van der Waals surface area contributed by atoms with Crippen LogP contribution in [0.25, 0.3) is 0 Å². The molecule has 8 nitrogen and oxygen atoms in total. The second-order valence-corrected chi connectivity index (χ2v) is 12.1. The summed E-state index contributed by atoms with van der Waals surface area (Å²) in [5.74, 6) is -0.815. The third-order valence-corrected chi connectivity index (χ3v) is 9.79. The van der Waals surface area contributed by atoms with Gasteiger partial charge in [0, 0.05) is 9.79 Å². The molecule has 2 aromatic heterocycles. The number of ether oxygens (including phenoxy) is 2. The van der Waals surface area contributed by atoms with Crippen molar-refractivity contribution < 1.29 is 28.7 Å². The zero-order chi connectivity index (χ0) is 28.5. The van der Waals surface area contributed by atoms with E-state index in [9.17, 15) is 19.2 Å². The largest absolute Gasteiger partial charge is 0.452 e. The van der Waals surface area contributed by atoms with Crippen molar-refractivity contribution in [2.24, 2.45) is 0 Å². The highest BCUT2D eigenvalue weighted by Crippen LogP contribution is 2.41. The van der Waals surface area contributed by atoms with E-state index in [0.717, 1.165) is 30.7 Å². The monoisotopic (exact) mass is 612 g/mol. The molecule has 0 bridgehead atoms. The fourth-order valence-electron chi connectivity index (χ4n) is 3.64. The van der Waals surface area contributed by atoms with Crippen molar-refractivity contribution in [3.05, 3.63) is 94.7 Å². The molecular weight excluding hydrogens is 589 g/mol. The Morgan fingerprint density at radius 1 is 0.625 bits per heavy atom. The zero-order valence-corrected chi connectivity index (χ0v) is 24.7. The van der Waals surface area contributed by atoms with Gasteiger partial charge in [-0.05, 0) is 58.3 Å². The molecule has 0 atom stereocenters. The Morgan fingerprint density at radius 3 is 1.38 bits per heavy atom. The van der Waals surface area contributed by atoms with Gasteiger partial charge in [0.1, 0.15) is 10.0 Å². The van der Waals surface area contributed by atoms with Gasteiger partial charge in [-0.1, -0.05) is 58.0 Å². The van der Waals surface area contributed by atoms with Crippen molar-refractivity contribution >= 4 is 78.3 Å². The first-order valence-corrected chi connectivity index (χ1v) is 15.7. The Kier molecular flexibility index (Phi) is 10.4. The lowest BCUT2D eigenvalue weighted by atomic mass is 10.1. The van der Waals surface area contributed by atoms with Crippen molar-refractivity contribution in [1.29, 1.82) is 0 Å². The third-order valence-electron chi connectivity index (χ3n) is 5.52. The van der Waals surface area contributed by atoms with Crippen LogP contribution >= 0.6 is 44.3 Å². The van der Waals surface area contributed by atoms with Gasteiger partial charge in [-0.25, -0.2) is 19.4 Å². The number of nitrogens with zero attached hydrogens (tertiary/aromatic N) is 2. The summed E-state index contributed by atoms with van der Waals surface area (Å²) < 4.78 is 9.68. The first-order chi connectivity index (χ1) is 19.4. The Balaban J connectivity index is 1.50. The molecule has 4 amide bonds. The van der Waals surface area contributed by atoms with Gasteiger partial charge >= 0.3 is 12.2 Å². The number of rotatable bonds is 9. The first kappa shape index (κ1) is 29.4. The number of hydrogen-bond donors (Lipinski definition) is 0. The Labute approximate surface area is 247 Å². The van der Waals surface area contributed by atoms with E-state index in [1.165, 1.54) is 58.5 Å². The number of anilines is 2. The van der Waals surface area contributed by atoms with Crippen LogP contribution in [0, 0.1) is 0 Å². The topological polar surface area (TPSA) is 93.2 Å². The summed E-state index contributed by atoms with van der Waals surface area (Å²) in [6, 6.07) is 21.8. The van der Waals surface area contributed by atoms with Crippen LogP contribution in [0.2, 0.25) is 0 Å². The number of methoxy groups -OCH3 is 2. The van der Waals surface area contributed by atoms with Gasteiger partial charge in [0.2, 0.25) is 11.8 Å². The summed E-state index contributed by atoms with van der Waals surface area (Å²) in [6.45, 7) is 0. The second-order valence-electron chi connectivity index (χ2n) is 8.04. The Bertz CT molecular complexity index is 1360. The molecule has 40 heavy (non-hydrogen) atoms. The molecule has 0 aliphatic carbocycles. The van der Waals surface area contributed by atoms with Crippen LogP contribution in [-0.4, -0.2) is 38.2 Å². The van der Waals surface area contributed by atoms with E-state index in [-0.39, 0.29) is 12.8 Å². The fourth-order valence-corrected chi connectivity index (χ4v) is 7.57. The van der Waals surface area contributed by atoms with E-state index in [0.29, 0.717) is 10.0 Å². The van der Waals surface area contributed by atoms with Crippen molar-refractivity contribution in [2.45, 2.75) is 22.6 Å². The molecule has 0 saturated carbocycles. The standard InChI is InChI=1S/C28H24N2O6S4/c1-35-27(33)29(25-13-7-15-37-25)23(31)17-19-9-3-5-11-21(19)39-40-22-12-6-4-10-20(22)18-24(32)30(28(34)36-2)26-14-8-16-38-26/h3-16H,17-18H2,1-2H3. The van der Waals surface area contributed by atoms with Crippen LogP contribution in [-0.2, 0) is 31.9 Å². The predicted molar refractivity (Wildman–Crippen MR) is 160 cm³/mol. The van der Waals surface area contributed by atoms with Crippen molar-refractivity contribution in [2.75, 3.05) is 24.0 Å². The molecule has 0 aliphatic rings. The maximum absolute atomic E-state index is 13.2. The van der Waals surface area contributed by atoms with Crippen LogP contribution in [0.1, 0.15) is 11.1 Å². The Morgan fingerprint density at radius 2 is 1.02 bits per heavy atom. The summed E-state index contributed by atoms with van der Waals surface area (Å²) in [5, 5.41) is 4.54. The minimum Gasteiger partial charge on any atom is -0.452 e. The van der Waals surface area contributed by atoms with Crippen molar-refractivity contribution in [1.82, 2.24) is 0 Å². The maximum Gasteiger partial charge on any atom is 0.421 e. The first-order valence-electron chi connectivity index (χ1n) is 11.8. The molecule has 12 heteroatoms. The molecule has 206 valence electrons. The fraction of sp³-hybridized carbons (Fsp3) is 0.143. The molecule has 0 unspecified atom stereocenters. The lowest BCUT2D eigenvalue weighted by Gasteiger charge is -2.19. The number of hydrogen-bond acceptors (Lipinski definition) is 10.